The van der Waals surface area contributed by atoms with Crippen molar-refractivity contribution in [3.63, 3.8) is 0 Å². The van der Waals surface area contributed by atoms with Crippen LogP contribution in [0.5, 0.6) is 0 Å². The Labute approximate surface area is 130 Å². The van der Waals surface area contributed by atoms with Crippen LogP contribution in [0.15, 0.2) is 24.3 Å². The maximum atomic E-state index is 12.3. The molecule has 0 spiro atoms. The highest BCUT2D eigenvalue weighted by atomic mass is 32.2. The molecule has 1 aliphatic rings. The van der Waals surface area contributed by atoms with Crippen molar-refractivity contribution in [2.75, 3.05) is 20.2 Å². The van der Waals surface area contributed by atoms with Crippen LogP contribution in [0.3, 0.4) is 0 Å². The summed E-state index contributed by atoms with van der Waals surface area (Å²) < 4.78 is 4.99. The number of thioether (sulfide) groups is 1. The van der Waals surface area contributed by atoms with Crippen LogP contribution in [0.2, 0.25) is 0 Å². The van der Waals surface area contributed by atoms with Crippen molar-refractivity contribution in [3.05, 3.63) is 35.4 Å². The van der Waals surface area contributed by atoms with Gasteiger partial charge in [0.15, 0.2) is 0 Å². The van der Waals surface area contributed by atoms with E-state index >= 15 is 0 Å². The van der Waals surface area contributed by atoms with Crippen LogP contribution in [-0.2, 0) is 9.53 Å². The first-order valence-corrected chi connectivity index (χ1v) is 7.96. The van der Waals surface area contributed by atoms with Crippen molar-refractivity contribution in [1.29, 1.82) is 5.26 Å². The molecule has 0 radical (unpaired) electrons. The zero-order chi connectivity index (χ0) is 15.4. The van der Waals surface area contributed by atoms with E-state index in [2.05, 4.69) is 24.8 Å². The summed E-state index contributed by atoms with van der Waals surface area (Å²) >= 11 is 1.94. The minimum atomic E-state index is -0.436. The maximum Gasteiger partial charge on any atom is 0.327 e. The SMILES string of the molecule is COC(=O)[C@H](c1cccc(C#N)c1)N1C[C@@H](C)S[C@H](C)C1. The second-order valence-electron chi connectivity index (χ2n) is 5.37. The first-order chi connectivity index (χ1) is 10.0. The van der Waals surface area contributed by atoms with Gasteiger partial charge in [0, 0.05) is 23.6 Å². The molecule has 1 aromatic carbocycles. The molecule has 0 bridgehead atoms. The van der Waals surface area contributed by atoms with Gasteiger partial charge in [0.1, 0.15) is 6.04 Å². The van der Waals surface area contributed by atoms with Crippen LogP contribution in [0.1, 0.15) is 31.0 Å². The standard InChI is InChI=1S/C16H20N2O2S/c1-11-9-18(10-12(2)21-11)15(16(19)20-3)14-6-4-5-13(7-14)8-17/h4-7,11-12,15H,9-10H2,1-3H3/t11-,12-,15+/m1/s1. The molecule has 4 nitrogen and oxygen atoms in total. The van der Waals surface area contributed by atoms with Crippen molar-refractivity contribution in [2.24, 2.45) is 0 Å². The third kappa shape index (κ3) is 3.78. The van der Waals surface area contributed by atoms with Gasteiger partial charge in [0.2, 0.25) is 0 Å². The summed E-state index contributed by atoms with van der Waals surface area (Å²) in [7, 11) is 1.41. The van der Waals surface area contributed by atoms with Gasteiger partial charge in [0.25, 0.3) is 0 Å². The van der Waals surface area contributed by atoms with E-state index in [0.717, 1.165) is 18.7 Å². The Morgan fingerprint density at radius 3 is 2.67 bits per heavy atom. The Kier molecular flexibility index (Phi) is 5.27. The number of hydrogen-bond donors (Lipinski definition) is 0. The van der Waals surface area contributed by atoms with Gasteiger partial charge < -0.3 is 4.74 Å². The molecule has 0 saturated carbocycles. The molecule has 1 heterocycles. The van der Waals surface area contributed by atoms with E-state index in [-0.39, 0.29) is 5.97 Å². The number of benzene rings is 1. The largest absolute Gasteiger partial charge is 0.468 e. The van der Waals surface area contributed by atoms with Crippen molar-refractivity contribution in [1.82, 2.24) is 4.90 Å². The van der Waals surface area contributed by atoms with Crippen LogP contribution in [-0.4, -0.2) is 41.6 Å². The van der Waals surface area contributed by atoms with Crippen molar-refractivity contribution in [2.45, 2.75) is 30.4 Å². The minimum Gasteiger partial charge on any atom is -0.468 e. The van der Waals surface area contributed by atoms with E-state index in [4.69, 9.17) is 10.00 Å². The number of nitrogens with zero attached hydrogens (tertiary/aromatic N) is 2. The zero-order valence-corrected chi connectivity index (χ0v) is 13.4. The van der Waals surface area contributed by atoms with E-state index in [0.29, 0.717) is 16.1 Å². The van der Waals surface area contributed by atoms with Gasteiger partial charge in [0.05, 0.1) is 18.7 Å². The number of ether oxygens (including phenoxy) is 1. The molecule has 21 heavy (non-hydrogen) atoms. The van der Waals surface area contributed by atoms with E-state index in [1.54, 1.807) is 12.1 Å². The zero-order valence-electron chi connectivity index (χ0n) is 12.6. The predicted molar refractivity (Wildman–Crippen MR) is 84.0 cm³/mol. The first-order valence-electron chi connectivity index (χ1n) is 7.02. The van der Waals surface area contributed by atoms with Gasteiger partial charge in [-0.05, 0) is 17.7 Å². The molecule has 112 valence electrons. The molecule has 1 aromatic rings. The number of nitriles is 1. The van der Waals surface area contributed by atoms with E-state index in [1.165, 1.54) is 7.11 Å². The van der Waals surface area contributed by atoms with E-state index in [1.807, 2.05) is 23.9 Å². The number of hydrogen-bond acceptors (Lipinski definition) is 5. The quantitative estimate of drug-likeness (QED) is 0.803. The van der Waals surface area contributed by atoms with Crippen LogP contribution in [0.4, 0.5) is 0 Å². The van der Waals surface area contributed by atoms with Gasteiger partial charge in [-0.2, -0.15) is 17.0 Å². The molecule has 3 atom stereocenters. The predicted octanol–water partition coefficient (Wildman–Crippen LogP) is 2.60. The fourth-order valence-electron chi connectivity index (χ4n) is 2.81. The molecule has 0 amide bonds. The first kappa shape index (κ1) is 15.9. The summed E-state index contributed by atoms with van der Waals surface area (Å²) in [6.07, 6.45) is 0. The maximum absolute atomic E-state index is 12.3. The Balaban J connectivity index is 2.34. The molecule has 1 aliphatic heterocycles. The lowest BCUT2D eigenvalue weighted by molar-refractivity contribution is -0.147. The van der Waals surface area contributed by atoms with Gasteiger partial charge in [-0.15, -0.1) is 0 Å². The Morgan fingerprint density at radius 2 is 2.10 bits per heavy atom. The molecule has 0 N–H and O–H groups in total. The lowest BCUT2D eigenvalue weighted by Gasteiger charge is -2.38. The van der Waals surface area contributed by atoms with Gasteiger partial charge in [-0.1, -0.05) is 26.0 Å². The van der Waals surface area contributed by atoms with Crippen LogP contribution < -0.4 is 0 Å². The summed E-state index contributed by atoms with van der Waals surface area (Å²) in [4.78, 5) is 14.4. The fourth-order valence-corrected chi connectivity index (χ4v) is 4.16. The molecule has 0 aromatic heterocycles. The number of carbonyl (C=O) groups is 1. The van der Waals surface area contributed by atoms with Gasteiger partial charge in [-0.3, -0.25) is 4.90 Å². The Bertz CT molecular complexity index is 545. The lowest BCUT2D eigenvalue weighted by atomic mass is 10.0. The van der Waals surface area contributed by atoms with Crippen molar-refractivity contribution in [3.8, 4) is 6.07 Å². The van der Waals surface area contributed by atoms with E-state index in [9.17, 15) is 4.79 Å². The molecule has 0 aliphatic carbocycles. The van der Waals surface area contributed by atoms with Crippen molar-refractivity contribution >= 4 is 17.7 Å². The van der Waals surface area contributed by atoms with Gasteiger partial charge >= 0.3 is 5.97 Å². The highest BCUT2D eigenvalue weighted by Crippen LogP contribution is 2.32. The Hall–Kier alpha value is -1.51. The molecule has 0 unspecified atom stereocenters. The topological polar surface area (TPSA) is 53.3 Å². The van der Waals surface area contributed by atoms with Crippen LogP contribution in [0, 0.1) is 11.3 Å². The smallest absolute Gasteiger partial charge is 0.327 e. The molecular formula is C16H20N2O2S. The Morgan fingerprint density at radius 1 is 1.43 bits per heavy atom. The molecule has 1 fully saturated rings. The summed E-state index contributed by atoms with van der Waals surface area (Å²) in [5.41, 5.74) is 1.39. The molecule has 5 heteroatoms. The average Bonchev–Trinajstić information content (AvgIpc) is 2.46. The molecule has 2 rings (SSSR count). The summed E-state index contributed by atoms with van der Waals surface area (Å²) in [6, 6.07) is 8.91. The number of methoxy groups -OCH3 is 1. The normalized spacial score (nSPS) is 24.1. The summed E-state index contributed by atoms with van der Waals surface area (Å²) in [5.74, 6) is -0.267. The summed E-state index contributed by atoms with van der Waals surface area (Å²) in [6.45, 7) is 6.03. The fraction of sp³-hybridized carbons (Fsp3) is 0.500. The van der Waals surface area contributed by atoms with Crippen LogP contribution >= 0.6 is 11.8 Å². The number of rotatable bonds is 3. The minimum absolute atomic E-state index is 0.267. The lowest BCUT2D eigenvalue weighted by Crippen LogP contribution is -2.45. The molecule has 1 saturated heterocycles. The number of esters is 1. The average molecular weight is 304 g/mol. The number of carbonyl (C=O) groups excluding carboxylic acids is 1. The second-order valence-corrected chi connectivity index (χ2v) is 7.26. The van der Waals surface area contributed by atoms with Crippen molar-refractivity contribution < 1.29 is 9.53 Å². The van der Waals surface area contributed by atoms with Crippen LogP contribution in [0.25, 0.3) is 0 Å². The highest BCUT2D eigenvalue weighted by Gasteiger charge is 2.33. The third-order valence-electron chi connectivity index (χ3n) is 3.57. The third-order valence-corrected chi connectivity index (χ3v) is 4.80. The van der Waals surface area contributed by atoms with E-state index < -0.39 is 6.04 Å². The monoisotopic (exact) mass is 304 g/mol. The molecular weight excluding hydrogens is 284 g/mol. The van der Waals surface area contributed by atoms with Gasteiger partial charge in [-0.25, -0.2) is 4.79 Å². The second kappa shape index (κ2) is 6.97. The highest BCUT2D eigenvalue weighted by molar-refractivity contribution is 8.00. The summed E-state index contributed by atoms with van der Waals surface area (Å²) in [5, 5.41) is 10.00.